The lowest BCUT2D eigenvalue weighted by Gasteiger charge is -2.37. The van der Waals surface area contributed by atoms with E-state index in [2.05, 4.69) is 23.0 Å². The third kappa shape index (κ3) is 2.86. The highest BCUT2D eigenvalue weighted by molar-refractivity contribution is 5.75. The fraction of sp³-hybridized carbons (Fsp3) is 0.375. The molecule has 0 saturated carbocycles. The number of nitriles is 1. The second-order valence-corrected chi connectivity index (χ2v) is 9.24. The van der Waals surface area contributed by atoms with Gasteiger partial charge in [-0.25, -0.2) is 8.91 Å². The summed E-state index contributed by atoms with van der Waals surface area (Å²) in [5, 5.41) is 18.3. The van der Waals surface area contributed by atoms with Gasteiger partial charge in [0.25, 0.3) is 10.9 Å². The largest absolute Gasteiger partial charge is 0.491 e. The van der Waals surface area contributed by atoms with E-state index < -0.39 is 16.7 Å². The topological polar surface area (TPSA) is 109 Å². The molecule has 0 bridgehead atoms. The molecule has 35 heavy (non-hydrogen) atoms. The van der Waals surface area contributed by atoms with Gasteiger partial charge in [-0.1, -0.05) is 0 Å². The monoisotopic (exact) mass is 475 g/mol. The molecule has 0 spiro atoms. The minimum atomic E-state index is -0.588. The van der Waals surface area contributed by atoms with Crippen molar-refractivity contribution in [2.45, 2.75) is 45.4 Å². The molecule has 0 saturated heterocycles. The smallest absolute Gasteiger partial charge is 0.272 e. The van der Waals surface area contributed by atoms with E-state index in [1.54, 1.807) is 12.1 Å². The summed E-state index contributed by atoms with van der Waals surface area (Å²) in [6.07, 6.45) is 1.78. The van der Waals surface area contributed by atoms with E-state index in [4.69, 9.17) is 9.84 Å². The normalized spacial score (nSPS) is 19.6. The van der Waals surface area contributed by atoms with E-state index >= 15 is 0 Å². The number of methoxy groups -OCH3 is 1. The number of anilines is 2. The van der Waals surface area contributed by atoms with Crippen LogP contribution in [0.5, 0.6) is 5.75 Å². The molecule has 2 aliphatic heterocycles. The molecule has 2 atom stereocenters. The van der Waals surface area contributed by atoms with Gasteiger partial charge in [-0.15, -0.1) is 0 Å². The minimum Gasteiger partial charge on any atom is -0.491 e. The predicted octanol–water partition coefficient (Wildman–Crippen LogP) is 1.68. The summed E-state index contributed by atoms with van der Waals surface area (Å²) < 4.78 is 23.2. The molecule has 3 aromatic heterocycles. The summed E-state index contributed by atoms with van der Waals surface area (Å²) >= 11 is 0. The molecule has 6 rings (SSSR count). The first kappa shape index (κ1) is 21.3. The number of pyridine rings is 1. The molecule has 2 aliphatic rings. The van der Waals surface area contributed by atoms with Crippen molar-refractivity contribution in [3.05, 3.63) is 67.2 Å². The summed E-state index contributed by atoms with van der Waals surface area (Å²) in [5.41, 5.74) is 3.46. The SMILES string of the molecule is COc1c(N2Cc3nn4c(c3C[C@@H]2C)CN(c2ccc(C#N)n3ncc(F)c23)C[C@H]4C)c(=O)c1=O. The van der Waals surface area contributed by atoms with E-state index in [9.17, 15) is 19.2 Å². The first-order chi connectivity index (χ1) is 16.8. The number of nitrogens with zero attached hydrogens (tertiary/aromatic N) is 7. The Kier molecular flexibility index (Phi) is 4.51. The van der Waals surface area contributed by atoms with Crippen LogP contribution in [0.25, 0.3) is 5.52 Å². The van der Waals surface area contributed by atoms with Crippen molar-refractivity contribution in [1.82, 2.24) is 19.4 Å². The van der Waals surface area contributed by atoms with Gasteiger partial charge in [0.15, 0.2) is 11.6 Å². The molecule has 0 radical (unpaired) electrons. The zero-order chi connectivity index (χ0) is 24.6. The fourth-order valence-electron chi connectivity index (χ4n) is 5.50. The molecule has 0 fully saturated rings. The van der Waals surface area contributed by atoms with Gasteiger partial charge in [0.05, 0.1) is 49.5 Å². The number of hydrogen-bond donors (Lipinski definition) is 0. The van der Waals surface area contributed by atoms with Crippen LogP contribution in [0.3, 0.4) is 0 Å². The lowest BCUT2D eigenvalue weighted by Crippen LogP contribution is -2.47. The van der Waals surface area contributed by atoms with Crippen LogP contribution in [0.1, 0.15) is 42.5 Å². The fourth-order valence-corrected chi connectivity index (χ4v) is 5.50. The Hall–Kier alpha value is -4.20. The number of rotatable bonds is 3. The molecule has 0 amide bonds. The summed E-state index contributed by atoms with van der Waals surface area (Å²) in [6.45, 7) is 5.60. The van der Waals surface area contributed by atoms with E-state index in [-0.39, 0.29) is 29.0 Å². The third-order valence-corrected chi connectivity index (χ3v) is 7.18. The molecule has 0 unspecified atom stereocenters. The third-order valence-electron chi connectivity index (χ3n) is 7.18. The second-order valence-electron chi connectivity index (χ2n) is 9.24. The molecule has 4 aromatic rings. The molecule has 5 heterocycles. The van der Waals surface area contributed by atoms with E-state index in [1.165, 1.54) is 11.6 Å². The van der Waals surface area contributed by atoms with Crippen LogP contribution in [0.2, 0.25) is 0 Å². The Balaban J connectivity index is 1.39. The molecule has 1 aromatic carbocycles. The summed E-state index contributed by atoms with van der Waals surface area (Å²) in [5.74, 6) is -0.362. The molecule has 178 valence electrons. The predicted molar refractivity (Wildman–Crippen MR) is 125 cm³/mol. The van der Waals surface area contributed by atoms with Crippen molar-refractivity contribution in [2.75, 3.05) is 23.5 Å². The van der Waals surface area contributed by atoms with E-state index in [1.807, 2.05) is 16.5 Å². The van der Waals surface area contributed by atoms with Crippen molar-refractivity contribution in [3.63, 3.8) is 0 Å². The zero-order valence-corrected chi connectivity index (χ0v) is 19.4. The van der Waals surface area contributed by atoms with Crippen LogP contribution in [-0.2, 0) is 19.5 Å². The van der Waals surface area contributed by atoms with Crippen molar-refractivity contribution < 1.29 is 9.13 Å². The average molecular weight is 475 g/mol. The quantitative estimate of drug-likeness (QED) is 0.412. The lowest BCUT2D eigenvalue weighted by atomic mass is 9.95. The minimum absolute atomic E-state index is 0.00967. The highest BCUT2D eigenvalue weighted by atomic mass is 19.1. The number of halogens is 1. The Bertz CT molecular complexity index is 1620. The van der Waals surface area contributed by atoms with Gasteiger partial charge in [-0.05, 0) is 32.4 Å². The maximum absolute atomic E-state index is 14.7. The first-order valence-electron chi connectivity index (χ1n) is 11.4. The van der Waals surface area contributed by atoms with Crippen molar-refractivity contribution in [2.24, 2.45) is 0 Å². The van der Waals surface area contributed by atoms with Crippen LogP contribution in [0.4, 0.5) is 15.8 Å². The summed E-state index contributed by atoms with van der Waals surface area (Å²) in [4.78, 5) is 28.1. The van der Waals surface area contributed by atoms with Crippen LogP contribution in [-0.4, -0.2) is 39.1 Å². The van der Waals surface area contributed by atoms with Crippen molar-refractivity contribution in [3.8, 4) is 11.8 Å². The number of fused-ring (bicyclic) bond motifs is 4. The lowest BCUT2D eigenvalue weighted by molar-refractivity contribution is 0.401. The van der Waals surface area contributed by atoms with Gasteiger partial charge >= 0.3 is 0 Å². The van der Waals surface area contributed by atoms with Crippen LogP contribution >= 0.6 is 0 Å². The van der Waals surface area contributed by atoms with Crippen molar-refractivity contribution in [1.29, 1.82) is 5.26 Å². The average Bonchev–Trinajstić information content (AvgIpc) is 3.42. The summed E-state index contributed by atoms with van der Waals surface area (Å²) in [6, 6.07) is 5.45. The van der Waals surface area contributed by atoms with Gasteiger partial charge in [0.1, 0.15) is 23.0 Å². The van der Waals surface area contributed by atoms with Crippen molar-refractivity contribution >= 4 is 16.9 Å². The Morgan fingerprint density at radius 3 is 2.71 bits per heavy atom. The zero-order valence-electron chi connectivity index (χ0n) is 19.4. The van der Waals surface area contributed by atoms with Gasteiger partial charge in [-0.3, -0.25) is 14.3 Å². The Labute approximate surface area is 199 Å². The second kappa shape index (κ2) is 7.40. The number of hydrogen-bond acceptors (Lipinski definition) is 8. The van der Waals surface area contributed by atoms with Gasteiger partial charge < -0.3 is 14.5 Å². The molecular formula is C24H22FN7O3. The number of aromatic nitrogens is 4. The number of ether oxygens (including phenoxy) is 1. The van der Waals surface area contributed by atoms with Gasteiger partial charge in [-0.2, -0.15) is 15.5 Å². The maximum atomic E-state index is 14.7. The Morgan fingerprint density at radius 1 is 1.17 bits per heavy atom. The maximum Gasteiger partial charge on any atom is 0.272 e. The molecule has 11 heteroatoms. The van der Waals surface area contributed by atoms with Crippen LogP contribution in [0, 0.1) is 17.1 Å². The highest BCUT2D eigenvalue weighted by Gasteiger charge is 2.38. The standard InChI is InChI=1S/C24H22FN7O3/c1-12-6-15-17(10-30(12)21-22(33)23(34)24(21)35-3)28-31-13(2)9-29(11-19(15)31)18-5-4-14(7-26)32-20(18)16(25)8-27-32/h4-5,8,12-13H,6,9-11H2,1-3H3/t12-,13+/m0/s1. The molecular weight excluding hydrogens is 453 g/mol. The molecule has 0 aliphatic carbocycles. The van der Waals surface area contributed by atoms with Crippen LogP contribution < -0.4 is 25.4 Å². The van der Waals surface area contributed by atoms with Gasteiger partial charge in [0, 0.05) is 18.2 Å². The molecule has 10 nitrogen and oxygen atoms in total. The van der Waals surface area contributed by atoms with Gasteiger partial charge in [0.2, 0.25) is 0 Å². The summed E-state index contributed by atoms with van der Waals surface area (Å²) in [7, 11) is 1.40. The van der Waals surface area contributed by atoms with E-state index in [0.717, 1.165) is 23.1 Å². The highest BCUT2D eigenvalue weighted by Crippen LogP contribution is 2.37. The molecule has 0 N–H and O–H groups in total. The Morgan fingerprint density at radius 2 is 1.97 bits per heavy atom. The van der Waals surface area contributed by atoms with Crippen LogP contribution in [0.15, 0.2) is 27.9 Å². The first-order valence-corrected chi connectivity index (χ1v) is 11.4. The van der Waals surface area contributed by atoms with E-state index in [0.29, 0.717) is 37.4 Å².